The number of esters is 1. The summed E-state index contributed by atoms with van der Waals surface area (Å²) < 4.78 is 7.15. The maximum atomic E-state index is 13.5. The second kappa shape index (κ2) is 8.35. The van der Waals surface area contributed by atoms with Gasteiger partial charge < -0.3 is 9.64 Å². The predicted octanol–water partition coefficient (Wildman–Crippen LogP) is 4.99. The molecule has 4 rings (SSSR count). The number of rotatable bonds is 5. The third kappa shape index (κ3) is 3.84. The van der Waals surface area contributed by atoms with Crippen LogP contribution < -0.4 is 5.56 Å². The van der Waals surface area contributed by atoms with E-state index in [1.54, 1.807) is 21.9 Å². The smallest absolute Gasteiger partial charge is 0.350 e. The Kier molecular flexibility index (Phi) is 5.61. The van der Waals surface area contributed by atoms with Gasteiger partial charge in [0.1, 0.15) is 15.4 Å². The first kappa shape index (κ1) is 20.8. The Balaban J connectivity index is 2.18. The van der Waals surface area contributed by atoms with Crippen LogP contribution >= 0.6 is 11.3 Å². The molecule has 4 aromatic rings. The molecule has 0 saturated carbocycles. The standard InChI is InChI=1S/C24H23N3O3S/c1-15(2)30-24(29)21-20(25-14-26(3)4)19-17-12-8-9-13-18(17)22(28)27(23(19)31-21)16-10-6-5-7-11-16/h5-15H,1-4H3. The third-order valence-electron chi connectivity index (χ3n) is 4.66. The lowest BCUT2D eigenvalue weighted by atomic mass is 10.1. The average Bonchev–Trinajstić information content (AvgIpc) is 3.12. The molecule has 0 unspecified atom stereocenters. The van der Waals surface area contributed by atoms with Crippen molar-refractivity contribution in [3.63, 3.8) is 0 Å². The van der Waals surface area contributed by atoms with Gasteiger partial charge in [-0.05, 0) is 37.4 Å². The number of pyridine rings is 1. The summed E-state index contributed by atoms with van der Waals surface area (Å²) in [5.41, 5.74) is 1.11. The average molecular weight is 434 g/mol. The van der Waals surface area contributed by atoms with Crippen LogP contribution in [0.1, 0.15) is 23.5 Å². The Labute approximate surface area is 184 Å². The zero-order valence-electron chi connectivity index (χ0n) is 17.8. The molecule has 2 aromatic carbocycles. The van der Waals surface area contributed by atoms with Gasteiger partial charge in [0.15, 0.2) is 0 Å². The van der Waals surface area contributed by atoms with Crippen LogP contribution in [0.3, 0.4) is 0 Å². The summed E-state index contributed by atoms with van der Waals surface area (Å²) in [5, 5.41) is 2.10. The van der Waals surface area contributed by atoms with Crippen molar-refractivity contribution in [1.29, 1.82) is 0 Å². The summed E-state index contributed by atoms with van der Waals surface area (Å²) in [6.07, 6.45) is 1.39. The van der Waals surface area contributed by atoms with E-state index in [0.717, 1.165) is 16.5 Å². The molecular formula is C24H23N3O3S. The molecule has 31 heavy (non-hydrogen) atoms. The van der Waals surface area contributed by atoms with E-state index in [4.69, 9.17) is 4.74 Å². The third-order valence-corrected chi connectivity index (χ3v) is 5.80. The molecule has 0 bridgehead atoms. The number of aromatic nitrogens is 1. The Bertz CT molecular complexity index is 1350. The molecule has 2 heterocycles. The molecule has 7 heteroatoms. The van der Waals surface area contributed by atoms with E-state index < -0.39 is 5.97 Å². The summed E-state index contributed by atoms with van der Waals surface area (Å²) >= 11 is 1.23. The number of ether oxygens (including phenoxy) is 1. The van der Waals surface area contributed by atoms with Gasteiger partial charge in [0, 0.05) is 24.9 Å². The van der Waals surface area contributed by atoms with Crippen LogP contribution in [-0.4, -0.2) is 42.0 Å². The van der Waals surface area contributed by atoms with Crippen LogP contribution in [0.4, 0.5) is 5.69 Å². The highest BCUT2D eigenvalue weighted by Gasteiger charge is 2.25. The number of benzene rings is 2. The van der Waals surface area contributed by atoms with Gasteiger partial charge in [0.05, 0.1) is 18.1 Å². The number of fused-ring (bicyclic) bond motifs is 3. The van der Waals surface area contributed by atoms with E-state index in [0.29, 0.717) is 20.8 Å². The van der Waals surface area contributed by atoms with Gasteiger partial charge >= 0.3 is 5.97 Å². The monoisotopic (exact) mass is 433 g/mol. The Morgan fingerprint density at radius 1 is 1.06 bits per heavy atom. The molecule has 0 aliphatic heterocycles. The highest BCUT2D eigenvalue weighted by Crippen LogP contribution is 2.42. The zero-order chi connectivity index (χ0) is 22.1. The fourth-order valence-electron chi connectivity index (χ4n) is 3.43. The molecule has 0 N–H and O–H groups in total. The summed E-state index contributed by atoms with van der Waals surface area (Å²) in [5.74, 6) is -0.446. The maximum absolute atomic E-state index is 13.5. The minimum atomic E-state index is -0.446. The molecule has 0 amide bonds. The first-order valence-corrected chi connectivity index (χ1v) is 10.8. The van der Waals surface area contributed by atoms with Gasteiger partial charge in [-0.2, -0.15) is 0 Å². The fourth-order valence-corrected chi connectivity index (χ4v) is 4.59. The number of hydrogen-bond donors (Lipinski definition) is 0. The van der Waals surface area contributed by atoms with Gasteiger partial charge in [-0.25, -0.2) is 9.79 Å². The first-order valence-electron chi connectivity index (χ1n) is 9.95. The van der Waals surface area contributed by atoms with Gasteiger partial charge in [0.25, 0.3) is 5.56 Å². The van der Waals surface area contributed by atoms with Crippen LogP contribution in [0.25, 0.3) is 26.7 Å². The summed E-state index contributed by atoms with van der Waals surface area (Å²) in [7, 11) is 3.73. The lowest BCUT2D eigenvalue weighted by Crippen LogP contribution is -2.18. The van der Waals surface area contributed by atoms with Gasteiger partial charge in [0.2, 0.25) is 0 Å². The lowest BCUT2D eigenvalue weighted by Gasteiger charge is -2.10. The summed E-state index contributed by atoms with van der Waals surface area (Å²) in [6.45, 7) is 3.62. The van der Waals surface area contributed by atoms with Crippen LogP contribution in [-0.2, 0) is 4.74 Å². The molecule has 0 radical (unpaired) electrons. The second-order valence-corrected chi connectivity index (χ2v) is 8.64. The Morgan fingerprint density at radius 3 is 2.35 bits per heavy atom. The topological polar surface area (TPSA) is 63.9 Å². The van der Waals surface area contributed by atoms with Gasteiger partial charge in [-0.1, -0.05) is 36.4 Å². The van der Waals surface area contributed by atoms with Crippen LogP contribution in [0.2, 0.25) is 0 Å². The molecule has 0 aliphatic rings. The summed E-state index contributed by atoms with van der Waals surface area (Å²) in [6, 6.07) is 16.9. The van der Waals surface area contributed by atoms with Crippen molar-refractivity contribution in [1.82, 2.24) is 9.47 Å². The molecule has 0 aliphatic carbocycles. The minimum Gasteiger partial charge on any atom is -0.459 e. The van der Waals surface area contributed by atoms with Crippen molar-refractivity contribution in [3.8, 4) is 5.69 Å². The second-order valence-electron chi connectivity index (χ2n) is 7.64. The van der Waals surface area contributed by atoms with E-state index >= 15 is 0 Å². The molecule has 0 saturated heterocycles. The van der Waals surface area contributed by atoms with Crippen molar-refractivity contribution in [3.05, 3.63) is 69.8 Å². The molecular weight excluding hydrogens is 410 g/mol. The number of aliphatic imine (C=N–C) groups is 1. The highest BCUT2D eigenvalue weighted by atomic mass is 32.1. The number of carbonyl (C=O) groups excluding carboxylic acids is 1. The van der Waals surface area contributed by atoms with E-state index in [2.05, 4.69) is 4.99 Å². The molecule has 158 valence electrons. The van der Waals surface area contributed by atoms with E-state index in [1.807, 2.05) is 76.5 Å². The Morgan fingerprint density at radius 2 is 1.71 bits per heavy atom. The number of para-hydroxylation sites is 1. The number of carbonyl (C=O) groups is 1. The molecule has 0 fully saturated rings. The predicted molar refractivity (Wildman–Crippen MR) is 127 cm³/mol. The van der Waals surface area contributed by atoms with Crippen molar-refractivity contribution in [2.24, 2.45) is 4.99 Å². The van der Waals surface area contributed by atoms with Gasteiger partial charge in [-0.15, -0.1) is 11.3 Å². The molecule has 0 atom stereocenters. The molecule has 6 nitrogen and oxygen atoms in total. The van der Waals surface area contributed by atoms with Gasteiger partial charge in [-0.3, -0.25) is 9.36 Å². The van der Waals surface area contributed by atoms with Crippen molar-refractivity contribution in [2.75, 3.05) is 14.1 Å². The zero-order valence-corrected chi connectivity index (χ0v) is 18.6. The number of thiophene rings is 1. The fraction of sp³-hybridized carbons (Fsp3) is 0.208. The maximum Gasteiger partial charge on any atom is 0.350 e. The van der Waals surface area contributed by atoms with Crippen molar-refractivity contribution in [2.45, 2.75) is 20.0 Å². The SMILES string of the molecule is CC(C)OC(=O)c1sc2c(c1N=CN(C)C)c1ccccc1c(=O)n2-c1ccccc1. The van der Waals surface area contributed by atoms with E-state index in [9.17, 15) is 9.59 Å². The molecule has 2 aromatic heterocycles. The van der Waals surface area contributed by atoms with E-state index in [1.165, 1.54) is 11.3 Å². The quantitative estimate of drug-likeness (QED) is 0.253. The Hall–Kier alpha value is -3.45. The molecule has 0 spiro atoms. The van der Waals surface area contributed by atoms with Crippen LogP contribution in [0, 0.1) is 0 Å². The van der Waals surface area contributed by atoms with Crippen LogP contribution in [0.5, 0.6) is 0 Å². The van der Waals surface area contributed by atoms with Crippen molar-refractivity contribution < 1.29 is 9.53 Å². The summed E-state index contributed by atoms with van der Waals surface area (Å²) in [4.78, 5) is 33.9. The van der Waals surface area contributed by atoms with E-state index in [-0.39, 0.29) is 11.7 Å². The number of hydrogen-bond acceptors (Lipinski definition) is 5. The van der Waals surface area contributed by atoms with Crippen LogP contribution in [0.15, 0.2) is 64.4 Å². The number of nitrogens with zero attached hydrogens (tertiary/aromatic N) is 3. The minimum absolute atomic E-state index is 0.137. The van der Waals surface area contributed by atoms with Crippen molar-refractivity contribution >= 4 is 50.3 Å². The largest absolute Gasteiger partial charge is 0.459 e. The normalized spacial score (nSPS) is 11.6. The first-order chi connectivity index (χ1) is 14.9. The lowest BCUT2D eigenvalue weighted by molar-refractivity contribution is 0.0385. The highest BCUT2D eigenvalue weighted by molar-refractivity contribution is 7.21.